The number of ether oxygens (including phenoxy) is 3. The highest BCUT2D eigenvalue weighted by atomic mass is 16.5. The lowest BCUT2D eigenvalue weighted by atomic mass is 10.1. The molecule has 0 saturated carbocycles. The summed E-state index contributed by atoms with van der Waals surface area (Å²) in [5.41, 5.74) is 14.0. The van der Waals surface area contributed by atoms with Gasteiger partial charge in [0.05, 0.1) is 13.7 Å². The third-order valence-electron chi connectivity index (χ3n) is 4.41. The molecule has 0 aromatic heterocycles. The second-order valence-corrected chi connectivity index (χ2v) is 6.68. The van der Waals surface area contributed by atoms with Crippen molar-refractivity contribution in [1.82, 2.24) is 0 Å². The van der Waals surface area contributed by atoms with Gasteiger partial charge in [0.15, 0.2) is 11.5 Å². The Morgan fingerprint density at radius 1 is 0.741 bits per heavy atom. The van der Waals surface area contributed by atoms with Gasteiger partial charge in [-0.1, -0.05) is 39.0 Å². The standard InChI is InChI=1S/C22H32N2O3/c1-3-4-5-6-7-8-13-26-20-11-9-18(23)14-17(20)16-27-21-12-10-19(24)15-22(21)25-2/h9-12,14-15H,3-8,13,16,23-24H2,1-2H3. The Hall–Kier alpha value is -2.56. The van der Waals surface area contributed by atoms with Crippen molar-refractivity contribution in [3.8, 4) is 17.2 Å². The van der Waals surface area contributed by atoms with Crippen LogP contribution in [0.3, 0.4) is 0 Å². The highest BCUT2D eigenvalue weighted by molar-refractivity contribution is 5.52. The van der Waals surface area contributed by atoms with Crippen LogP contribution in [-0.2, 0) is 6.61 Å². The van der Waals surface area contributed by atoms with E-state index in [1.54, 1.807) is 25.3 Å². The van der Waals surface area contributed by atoms with Crippen LogP contribution < -0.4 is 25.7 Å². The van der Waals surface area contributed by atoms with Gasteiger partial charge in [-0.05, 0) is 36.8 Å². The summed E-state index contributed by atoms with van der Waals surface area (Å²) in [6, 6.07) is 11.0. The van der Waals surface area contributed by atoms with Crippen LogP contribution in [0.5, 0.6) is 17.2 Å². The number of hydrogen-bond donors (Lipinski definition) is 2. The molecule has 2 aromatic carbocycles. The number of rotatable bonds is 12. The smallest absolute Gasteiger partial charge is 0.162 e. The molecule has 0 bridgehead atoms. The predicted octanol–water partition coefficient (Wildman–Crippen LogP) is 5.18. The van der Waals surface area contributed by atoms with Gasteiger partial charge in [0.25, 0.3) is 0 Å². The zero-order valence-corrected chi connectivity index (χ0v) is 16.5. The Kier molecular flexibility index (Phi) is 8.62. The average molecular weight is 373 g/mol. The molecule has 0 fully saturated rings. The molecule has 0 aliphatic heterocycles. The first-order valence-electron chi connectivity index (χ1n) is 9.71. The minimum absolute atomic E-state index is 0.344. The molecule has 5 heteroatoms. The van der Waals surface area contributed by atoms with Gasteiger partial charge in [-0.2, -0.15) is 0 Å². The lowest BCUT2D eigenvalue weighted by Gasteiger charge is -2.15. The fourth-order valence-electron chi connectivity index (χ4n) is 2.88. The Morgan fingerprint density at radius 2 is 1.41 bits per heavy atom. The Bertz CT molecular complexity index is 704. The van der Waals surface area contributed by atoms with Crippen molar-refractivity contribution in [2.45, 2.75) is 52.1 Å². The Morgan fingerprint density at radius 3 is 2.15 bits per heavy atom. The molecule has 0 amide bonds. The van der Waals surface area contributed by atoms with Crippen molar-refractivity contribution in [2.24, 2.45) is 0 Å². The van der Waals surface area contributed by atoms with E-state index >= 15 is 0 Å². The quantitative estimate of drug-likeness (QED) is 0.396. The van der Waals surface area contributed by atoms with Crippen molar-refractivity contribution in [2.75, 3.05) is 25.2 Å². The van der Waals surface area contributed by atoms with Crippen molar-refractivity contribution in [3.05, 3.63) is 42.0 Å². The van der Waals surface area contributed by atoms with E-state index in [-0.39, 0.29) is 0 Å². The van der Waals surface area contributed by atoms with Gasteiger partial charge in [-0.3, -0.25) is 0 Å². The van der Waals surface area contributed by atoms with Gasteiger partial charge in [0, 0.05) is 23.0 Å². The fourth-order valence-corrected chi connectivity index (χ4v) is 2.88. The molecular weight excluding hydrogens is 340 g/mol. The maximum Gasteiger partial charge on any atom is 0.162 e. The summed E-state index contributed by atoms with van der Waals surface area (Å²) < 4.78 is 17.2. The number of nitrogens with two attached hydrogens (primary N) is 2. The maximum absolute atomic E-state index is 5.98. The van der Waals surface area contributed by atoms with E-state index in [0.717, 1.165) is 17.7 Å². The average Bonchev–Trinajstić information content (AvgIpc) is 2.67. The molecule has 0 radical (unpaired) electrons. The molecule has 2 aromatic rings. The summed E-state index contributed by atoms with van der Waals surface area (Å²) in [7, 11) is 1.59. The van der Waals surface area contributed by atoms with Crippen LogP contribution in [-0.4, -0.2) is 13.7 Å². The third-order valence-corrected chi connectivity index (χ3v) is 4.41. The molecule has 0 aliphatic carbocycles. The van der Waals surface area contributed by atoms with Gasteiger partial charge >= 0.3 is 0 Å². The van der Waals surface area contributed by atoms with E-state index < -0.39 is 0 Å². The summed E-state index contributed by atoms with van der Waals surface area (Å²) in [6.07, 6.45) is 7.41. The van der Waals surface area contributed by atoms with Gasteiger partial charge in [-0.25, -0.2) is 0 Å². The number of hydrogen-bond acceptors (Lipinski definition) is 5. The monoisotopic (exact) mass is 372 g/mol. The SMILES string of the molecule is CCCCCCCCOc1ccc(N)cc1COc1ccc(N)cc1OC. The van der Waals surface area contributed by atoms with E-state index in [1.165, 1.54) is 32.1 Å². The van der Waals surface area contributed by atoms with E-state index in [1.807, 2.05) is 18.2 Å². The van der Waals surface area contributed by atoms with Crippen LogP contribution in [0.15, 0.2) is 36.4 Å². The molecule has 5 nitrogen and oxygen atoms in total. The van der Waals surface area contributed by atoms with Crippen LogP contribution in [0.25, 0.3) is 0 Å². The number of nitrogen functional groups attached to an aromatic ring is 2. The van der Waals surface area contributed by atoms with Gasteiger partial charge < -0.3 is 25.7 Å². The van der Waals surface area contributed by atoms with Crippen molar-refractivity contribution in [3.63, 3.8) is 0 Å². The van der Waals surface area contributed by atoms with Gasteiger partial charge in [0.1, 0.15) is 12.4 Å². The summed E-state index contributed by atoms with van der Waals surface area (Å²) in [6.45, 7) is 3.28. The fraction of sp³-hybridized carbons (Fsp3) is 0.455. The Labute approximate surface area is 162 Å². The van der Waals surface area contributed by atoms with Crippen LogP contribution in [0.2, 0.25) is 0 Å². The normalized spacial score (nSPS) is 10.6. The van der Waals surface area contributed by atoms with E-state index in [0.29, 0.717) is 36.1 Å². The molecule has 0 unspecified atom stereocenters. The van der Waals surface area contributed by atoms with Crippen molar-refractivity contribution < 1.29 is 14.2 Å². The van der Waals surface area contributed by atoms with Crippen LogP contribution in [0, 0.1) is 0 Å². The molecule has 2 rings (SSSR count). The highest BCUT2D eigenvalue weighted by Crippen LogP contribution is 2.31. The van der Waals surface area contributed by atoms with E-state index in [9.17, 15) is 0 Å². The number of benzene rings is 2. The van der Waals surface area contributed by atoms with Gasteiger partial charge in [0.2, 0.25) is 0 Å². The second kappa shape index (κ2) is 11.2. The second-order valence-electron chi connectivity index (χ2n) is 6.68. The molecule has 4 N–H and O–H groups in total. The lowest BCUT2D eigenvalue weighted by molar-refractivity contribution is 0.265. The zero-order chi connectivity index (χ0) is 19.5. The molecule has 148 valence electrons. The van der Waals surface area contributed by atoms with E-state index in [2.05, 4.69) is 6.92 Å². The first-order valence-corrected chi connectivity index (χ1v) is 9.71. The van der Waals surface area contributed by atoms with Crippen LogP contribution in [0.4, 0.5) is 11.4 Å². The first kappa shape index (κ1) is 20.7. The summed E-state index contributed by atoms with van der Waals surface area (Å²) >= 11 is 0. The lowest BCUT2D eigenvalue weighted by Crippen LogP contribution is -2.04. The molecule has 0 heterocycles. The predicted molar refractivity (Wildman–Crippen MR) is 111 cm³/mol. The largest absolute Gasteiger partial charge is 0.493 e. The summed E-state index contributed by atoms with van der Waals surface area (Å²) in [5, 5.41) is 0. The topological polar surface area (TPSA) is 79.7 Å². The van der Waals surface area contributed by atoms with Crippen molar-refractivity contribution >= 4 is 11.4 Å². The molecule has 0 saturated heterocycles. The number of unbranched alkanes of at least 4 members (excludes halogenated alkanes) is 5. The van der Waals surface area contributed by atoms with Crippen molar-refractivity contribution in [1.29, 1.82) is 0 Å². The first-order chi connectivity index (χ1) is 13.1. The summed E-state index contributed by atoms with van der Waals surface area (Å²) in [4.78, 5) is 0. The zero-order valence-electron chi connectivity index (χ0n) is 16.5. The summed E-state index contributed by atoms with van der Waals surface area (Å²) in [5.74, 6) is 2.05. The molecule has 0 atom stereocenters. The Balaban J connectivity index is 1.91. The maximum atomic E-state index is 5.98. The highest BCUT2D eigenvalue weighted by Gasteiger charge is 2.09. The molecule has 0 aliphatic rings. The van der Waals surface area contributed by atoms with Gasteiger partial charge in [-0.15, -0.1) is 0 Å². The van der Waals surface area contributed by atoms with E-state index in [4.69, 9.17) is 25.7 Å². The number of anilines is 2. The minimum atomic E-state index is 0.344. The third kappa shape index (κ3) is 6.93. The number of methoxy groups -OCH3 is 1. The molecule has 0 spiro atoms. The van der Waals surface area contributed by atoms with Crippen LogP contribution >= 0.6 is 0 Å². The molecule has 27 heavy (non-hydrogen) atoms. The molecular formula is C22H32N2O3. The minimum Gasteiger partial charge on any atom is -0.493 e. The van der Waals surface area contributed by atoms with Crippen LogP contribution in [0.1, 0.15) is 51.0 Å².